The Labute approximate surface area is 118 Å². The molecule has 0 aromatic carbocycles. The molecule has 1 rings (SSSR count). The molecule has 4 nitrogen and oxygen atoms in total. The monoisotopic (exact) mass is 272 g/mol. The minimum absolute atomic E-state index is 0.172. The van der Waals surface area contributed by atoms with Crippen LogP contribution in [0.25, 0.3) is 0 Å². The molecule has 0 aliphatic carbocycles. The summed E-state index contributed by atoms with van der Waals surface area (Å²) in [6.07, 6.45) is 2.33. The van der Waals surface area contributed by atoms with E-state index in [0.717, 1.165) is 26.2 Å². The SMILES string of the molecule is CCC(CC)(CNC(C)C)CN1CCOCC1CO. The molecule has 0 radical (unpaired) electrons. The van der Waals surface area contributed by atoms with Crippen LogP contribution in [0.3, 0.4) is 0 Å². The predicted octanol–water partition coefficient (Wildman–Crippen LogP) is 1.48. The number of rotatable bonds is 8. The van der Waals surface area contributed by atoms with Gasteiger partial charge in [-0.2, -0.15) is 0 Å². The number of nitrogens with zero attached hydrogens (tertiary/aromatic N) is 1. The molecule has 19 heavy (non-hydrogen) atoms. The largest absolute Gasteiger partial charge is 0.395 e. The van der Waals surface area contributed by atoms with Gasteiger partial charge in [0.1, 0.15) is 0 Å². The summed E-state index contributed by atoms with van der Waals surface area (Å²) in [4.78, 5) is 2.42. The average Bonchev–Trinajstić information content (AvgIpc) is 2.44. The third kappa shape index (κ3) is 5.03. The summed E-state index contributed by atoms with van der Waals surface area (Å²) >= 11 is 0. The summed E-state index contributed by atoms with van der Waals surface area (Å²) in [6.45, 7) is 13.6. The van der Waals surface area contributed by atoms with E-state index in [4.69, 9.17) is 4.74 Å². The van der Waals surface area contributed by atoms with Crippen LogP contribution in [0.1, 0.15) is 40.5 Å². The van der Waals surface area contributed by atoms with Crippen molar-refractivity contribution >= 4 is 0 Å². The number of hydrogen-bond donors (Lipinski definition) is 2. The van der Waals surface area contributed by atoms with Gasteiger partial charge in [0.15, 0.2) is 0 Å². The fourth-order valence-corrected chi connectivity index (χ4v) is 2.70. The van der Waals surface area contributed by atoms with Crippen LogP contribution in [0.2, 0.25) is 0 Å². The van der Waals surface area contributed by atoms with E-state index in [1.165, 1.54) is 12.8 Å². The molecule has 1 saturated heterocycles. The van der Waals surface area contributed by atoms with Crippen molar-refractivity contribution < 1.29 is 9.84 Å². The summed E-state index contributed by atoms with van der Waals surface area (Å²) in [5, 5.41) is 13.1. The zero-order valence-electron chi connectivity index (χ0n) is 13.1. The first-order valence-corrected chi connectivity index (χ1v) is 7.73. The van der Waals surface area contributed by atoms with Gasteiger partial charge in [-0.15, -0.1) is 0 Å². The summed E-state index contributed by atoms with van der Waals surface area (Å²) in [5.41, 5.74) is 0.301. The highest BCUT2D eigenvalue weighted by Gasteiger charge is 2.32. The highest BCUT2D eigenvalue weighted by atomic mass is 16.5. The first kappa shape index (κ1) is 16.9. The zero-order chi connectivity index (χ0) is 14.3. The Bertz CT molecular complexity index is 242. The fraction of sp³-hybridized carbons (Fsp3) is 1.00. The van der Waals surface area contributed by atoms with Crippen LogP contribution in [0.5, 0.6) is 0 Å². The zero-order valence-corrected chi connectivity index (χ0v) is 13.1. The number of aliphatic hydroxyl groups excluding tert-OH is 1. The molecule has 0 aromatic rings. The Morgan fingerprint density at radius 2 is 2.05 bits per heavy atom. The van der Waals surface area contributed by atoms with Crippen molar-refractivity contribution in [3.05, 3.63) is 0 Å². The number of ether oxygens (including phenoxy) is 1. The standard InChI is InChI=1S/C15H32N2O2/c1-5-15(6-2,11-16-13(3)4)12-17-7-8-19-10-14(17)9-18/h13-14,16,18H,5-12H2,1-4H3. The Balaban J connectivity index is 2.64. The first-order valence-electron chi connectivity index (χ1n) is 7.73. The molecule has 2 N–H and O–H groups in total. The molecule has 0 spiro atoms. The maximum absolute atomic E-state index is 9.48. The molecular formula is C15H32N2O2. The van der Waals surface area contributed by atoms with Crippen LogP contribution >= 0.6 is 0 Å². The van der Waals surface area contributed by atoms with E-state index in [1.807, 2.05) is 0 Å². The van der Waals surface area contributed by atoms with E-state index in [-0.39, 0.29) is 12.6 Å². The van der Waals surface area contributed by atoms with Gasteiger partial charge in [-0.25, -0.2) is 0 Å². The van der Waals surface area contributed by atoms with Gasteiger partial charge in [-0.1, -0.05) is 27.7 Å². The van der Waals surface area contributed by atoms with E-state index in [2.05, 4.69) is 37.9 Å². The molecule has 1 atom stereocenters. The number of morpholine rings is 1. The maximum Gasteiger partial charge on any atom is 0.0644 e. The summed E-state index contributed by atoms with van der Waals surface area (Å²) in [7, 11) is 0. The second-order valence-electron chi connectivity index (χ2n) is 6.12. The summed E-state index contributed by atoms with van der Waals surface area (Å²) in [5.74, 6) is 0. The molecule has 1 aliphatic rings. The number of nitrogens with one attached hydrogen (secondary N) is 1. The Kier molecular flexibility index (Phi) is 7.29. The normalized spacial score (nSPS) is 22.1. The van der Waals surface area contributed by atoms with Crippen molar-refractivity contribution in [2.45, 2.75) is 52.6 Å². The van der Waals surface area contributed by atoms with Crippen molar-refractivity contribution in [2.24, 2.45) is 5.41 Å². The van der Waals surface area contributed by atoms with Gasteiger partial charge in [0.25, 0.3) is 0 Å². The molecule has 0 saturated carbocycles. The second-order valence-corrected chi connectivity index (χ2v) is 6.12. The van der Waals surface area contributed by atoms with Gasteiger partial charge in [0.2, 0.25) is 0 Å². The Morgan fingerprint density at radius 1 is 1.37 bits per heavy atom. The lowest BCUT2D eigenvalue weighted by atomic mass is 9.81. The van der Waals surface area contributed by atoms with Crippen LogP contribution in [0, 0.1) is 5.41 Å². The van der Waals surface area contributed by atoms with Gasteiger partial charge in [0.05, 0.1) is 25.9 Å². The molecular weight excluding hydrogens is 240 g/mol. The topological polar surface area (TPSA) is 44.7 Å². The van der Waals surface area contributed by atoms with Gasteiger partial charge in [0, 0.05) is 25.7 Å². The molecule has 4 heteroatoms. The molecule has 1 aliphatic heterocycles. The summed E-state index contributed by atoms with van der Waals surface area (Å²) < 4.78 is 5.47. The minimum Gasteiger partial charge on any atom is -0.395 e. The van der Waals surface area contributed by atoms with Crippen LogP contribution in [-0.4, -0.2) is 61.5 Å². The van der Waals surface area contributed by atoms with Crippen LogP contribution in [0.4, 0.5) is 0 Å². The average molecular weight is 272 g/mol. The van der Waals surface area contributed by atoms with E-state index in [0.29, 0.717) is 18.1 Å². The smallest absolute Gasteiger partial charge is 0.0644 e. The molecule has 1 heterocycles. The lowest BCUT2D eigenvalue weighted by molar-refractivity contribution is -0.0460. The van der Waals surface area contributed by atoms with E-state index in [1.54, 1.807) is 0 Å². The lowest BCUT2D eigenvalue weighted by Crippen LogP contribution is -2.53. The Hall–Kier alpha value is -0.160. The van der Waals surface area contributed by atoms with Crippen LogP contribution < -0.4 is 5.32 Å². The van der Waals surface area contributed by atoms with Crippen molar-refractivity contribution in [1.29, 1.82) is 0 Å². The van der Waals surface area contributed by atoms with Crippen molar-refractivity contribution in [2.75, 3.05) is 39.5 Å². The maximum atomic E-state index is 9.48. The van der Waals surface area contributed by atoms with Crippen molar-refractivity contribution in [1.82, 2.24) is 10.2 Å². The van der Waals surface area contributed by atoms with Crippen molar-refractivity contribution in [3.8, 4) is 0 Å². The van der Waals surface area contributed by atoms with Crippen molar-refractivity contribution in [3.63, 3.8) is 0 Å². The Morgan fingerprint density at radius 3 is 2.58 bits per heavy atom. The fourth-order valence-electron chi connectivity index (χ4n) is 2.70. The van der Waals surface area contributed by atoms with E-state index in [9.17, 15) is 5.11 Å². The highest BCUT2D eigenvalue weighted by Crippen LogP contribution is 2.28. The molecule has 0 bridgehead atoms. The molecule has 0 amide bonds. The van der Waals surface area contributed by atoms with Gasteiger partial charge >= 0.3 is 0 Å². The van der Waals surface area contributed by atoms with Gasteiger partial charge in [-0.3, -0.25) is 4.90 Å². The molecule has 1 fully saturated rings. The van der Waals surface area contributed by atoms with Crippen LogP contribution in [0.15, 0.2) is 0 Å². The molecule has 1 unspecified atom stereocenters. The van der Waals surface area contributed by atoms with E-state index >= 15 is 0 Å². The highest BCUT2D eigenvalue weighted by molar-refractivity contribution is 4.87. The predicted molar refractivity (Wildman–Crippen MR) is 79.4 cm³/mol. The second kappa shape index (κ2) is 8.20. The number of hydrogen-bond acceptors (Lipinski definition) is 4. The van der Waals surface area contributed by atoms with E-state index < -0.39 is 0 Å². The lowest BCUT2D eigenvalue weighted by Gasteiger charge is -2.42. The molecule has 0 aromatic heterocycles. The quantitative estimate of drug-likeness (QED) is 0.702. The third-order valence-corrected chi connectivity index (χ3v) is 4.48. The first-order chi connectivity index (χ1) is 9.06. The third-order valence-electron chi connectivity index (χ3n) is 4.48. The molecule has 114 valence electrons. The number of aliphatic hydroxyl groups is 1. The van der Waals surface area contributed by atoms with Crippen LogP contribution in [-0.2, 0) is 4.74 Å². The van der Waals surface area contributed by atoms with Gasteiger partial charge < -0.3 is 15.2 Å². The summed E-state index contributed by atoms with van der Waals surface area (Å²) in [6, 6.07) is 0.695. The minimum atomic E-state index is 0.172. The van der Waals surface area contributed by atoms with Gasteiger partial charge in [-0.05, 0) is 18.3 Å².